The van der Waals surface area contributed by atoms with Gasteiger partial charge in [-0.1, -0.05) is 0 Å². The van der Waals surface area contributed by atoms with Gasteiger partial charge in [0.05, 0.1) is 0 Å². The zero-order valence-electron chi connectivity index (χ0n) is 10.9. The lowest BCUT2D eigenvalue weighted by molar-refractivity contribution is -0.135. The number of carboxylic acids is 1. The number of hydrogen-bond acceptors (Lipinski definition) is 3. The maximum Gasteiger partial charge on any atom is 0.322 e. The monoisotopic (exact) mass is 262 g/mol. The highest BCUT2D eigenvalue weighted by molar-refractivity contribution is 5.96. The van der Waals surface area contributed by atoms with Crippen LogP contribution in [0.1, 0.15) is 30.1 Å². The molecule has 1 aromatic rings. The van der Waals surface area contributed by atoms with Crippen LogP contribution in [0.2, 0.25) is 0 Å². The summed E-state index contributed by atoms with van der Waals surface area (Å²) in [6.45, 7) is 2.88. The summed E-state index contributed by atoms with van der Waals surface area (Å²) >= 11 is 0. The summed E-state index contributed by atoms with van der Waals surface area (Å²) in [7, 11) is 0. The smallest absolute Gasteiger partial charge is 0.322 e. The van der Waals surface area contributed by atoms with Gasteiger partial charge in [0.15, 0.2) is 0 Å². The number of nitrogens with one attached hydrogen (secondary N) is 1. The van der Waals surface area contributed by atoms with E-state index in [2.05, 4.69) is 17.1 Å². The van der Waals surface area contributed by atoms with Crippen molar-refractivity contribution in [2.24, 2.45) is 0 Å². The minimum Gasteiger partial charge on any atom is -0.480 e. The molecule has 1 aromatic carbocycles. The number of benzene rings is 1. The minimum atomic E-state index is -1.05. The topological polar surface area (TPSA) is 69.6 Å². The van der Waals surface area contributed by atoms with Crippen LogP contribution >= 0.6 is 0 Å². The minimum absolute atomic E-state index is 0.357. The summed E-state index contributed by atoms with van der Waals surface area (Å²) in [5, 5.41) is 10.8. The zero-order chi connectivity index (χ0) is 13.8. The lowest BCUT2D eigenvalue weighted by atomic mass is 10.1. The molecule has 1 amide bonds. The molecule has 1 aliphatic heterocycles. The first-order valence-corrected chi connectivity index (χ1v) is 6.44. The fourth-order valence-corrected chi connectivity index (χ4v) is 2.38. The molecule has 0 bridgehead atoms. The molecule has 1 atom stereocenters. The van der Waals surface area contributed by atoms with Crippen molar-refractivity contribution in [2.45, 2.75) is 25.8 Å². The summed E-state index contributed by atoms with van der Waals surface area (Å²) < 4.78 is 0. The van der Waals surface area contributed by atoms with Crippen molar-refractivity contribution in [1.82, 2.24) is 5.32 Å². The number of hydrogen-bond donors (Lipinski definition) is 2. The molecule has 1 heterocycles. The molecule has 1 unspecified atom stereocenters. The first kappa shape index (κ1) is 13.4. The molecule has 0 spiro atoms. The number of carboxylic acid groups (broad SMARTS) is 1. The molecule has 19 heavy (non-hydrogen) atoms. The Labute approximate surface area is 112 Å². The number of amides is 1. The molecule has 5 nitrogen and oxygen atoms in total. The van der Waals surface area contributed by atoms with Gasteiger partial charge in [-0.2, -0.15) is 0 Å². The van der Waals surface area contributed by atoms with E-state index in [0.717, 1.165) is 12.2 Å². The van der Waals surface area contributed by atoms with Gasteiger partial charge in [0.2, 0.25) is 0 Å². The normalized spacial score (nSPS) is 18.4. The molecular weight excluding hydrogens is 244 g/mol. The van der Waals surface area contributed by atoms with E-state index in [9.17, 15) is 9.59 Å². The van der Waals surface area contributed by atoms with Gasteiger partial charge in [0.1, 0.15) is 6.54 Å². The third-order valence-electron chi connectivity index (χ3n) is 3.41. The second-order valence-corrected chi connectivity index (χ2v) is 4.81. The Morgan fingerprint density at radius 2 is 2.05 bits per heavy atom. The molecule has 2 N–H and O–H groups in total. The van der Waals surface area contributed by atoms with Crippen molar-refractivity contribution < 1.29 is 14.7 Å². The predicted molar refractivity (Wildman–Crippen MR) is 72.5 cm³/mol. The summed E-state index contributed by atoms with van der Waals surface area (Å²) in [6.07, 6.45) is 2.39. The summed E-state index contributed by atoms with van der Waals surface area (Å²) in [6, 6.07) is 7.83. The molecule has 0 aromatic heterocycles. The lowest BCUT2D eigenvalue weighted by Crippen LogP contribution is -2.29. The van der Waals surface area contributed by atoms with Crippen LogP contribution in [0.15, 0.2) is 24.3 Å². The summed E-state index contributed by atoms with van der Waals surface area (Å²) in [4.78, 5) is 24.4. The SMILES string of the molecule is CC1CCCN1c1ccc(C(=O)NCC(=O)O)cc1. The largest absolute Gasteiger partial charge is 0.480 e. The number of anilines is 1. The Balaban J connectivity index is 2.01. The first-order valence-electron chi connectivity index (χ1n) is 6.44. The van der Waals surface area contributed by atoms with Crippen LogP contribution in [0.3, 0.4) is 0 Å². The van der Waals surface area contributed by atoms with Crippen molar-refractivity contribution in [2.75, 3.05) is 18.0 Å². The van der Waals surface area contributed by atoms with Crippen molar-refractivity contribution in [3.05, 3.63) is 29.8 Å². The maximum atomic E-state index is 11.7. The first-order chi connectivity index (χ1) is 9.08. The van der Waals surface area contributed by atoms with E-state index >= 15 is 0 Å². The molecule has 102 valence electrons. The van der Waals surface area contributed by atoms with Crippen LogP contribution in [-0.4, -0.2) is 36.1 Å². The summed E-state index contributed by atoms with van der Waals surface area (Å²) in [5.74, 6) is -1.40. The van der Waals surface area contributed by atoms with Crippen LogP contribution in [-0.2, 0) is 4.79 Å². The van der Waals surface area contributed by atoms with Gasteiger partial charge in [-0.3, -0.25) is 9.59 Å². The zero-order valence-corrected chi connectivity index (χ0v) is 10.9. The van der Waals surface area contributed by atoms with E-state index < -0.39 is 5.97 Å². The molecule has 1 aliphatic rings. The van der Waals surface area contributed by atoms with E-state index in [1.54, 1.807) is 12.1 Å². The van der Waals surface area contributed by atoms with E-state index in [1.807, 2.05) is 12.1 Å². The number of carbonyl (C=O) groups is 2. The van der Waals surface area contributed by atoms with Crippen LogP contribution in [0.4, 0.5) is 5.69 Å². The Hall–Kier alpha value is -2.04. The molecule has 0 aliphatic carbocycles. The number of rotatable bonds is 4. The highest BCUT2D eigenvalue weighted by atomic mass is 16.4. The number of nitrogens with zero attached hydrogens (tertiary/aromatic N) is 1. The molecule has 1 saturated heterocycles. The maximum absolute atomic E-state index is 11.7. The Kier molecular flexibility index (Phi) is 4.04. The van der Waals surface area contributed by atoms with Crippen LogP contribution in [0.25, 0.3) is 0 Å². The highest BCUT2D eigenvalue weighted by Gasteiger charge is 2.20. The van der Waals surface area contributed by atoms with E-state index in [1.165, 1.54) is 12.8 Å². The van der Waals surface area contributed by atoms with Gasteiger partial charge in [-0.15, -0.1) is 0 Å². The average Bonchev–Trinajstić information content (AvgIpc) is 2.82. The number of carbonyl (C=O) groups excluding carboxylic acids is 1. The quantitative estimate of drug-likeness (QED) is 0.862. The molecule has 2 rings (SSSR count). The van der Waals surface area contributed by atoms with Gasteiger partial charge in [-0.25, -0.2) is 0 Å². The van der Waals surface area contributed by atoms with Gasteiger partial charge < -0.3 is 15.3 Å². The van der Waals surface area contributed by atoms with Crippen LogP contribution < -0.4 is 10.2 Å². The Bertz CT molecular complexity index is 470. The van der Waals surface area contributed by atoms with Crippen molar-refractivity contribution >= 4 is 17.6 Å². The molecule has 0 radical (unpaired) electrons. The van der Waals surface area contributed by atoms with Crippen molar-refractivity contribution in [3.8, 4) is 0 Å². The van der Waals surface area contributed by atoms with Crippen molar-refractivity contribution in [1.29, 1.82) is 0 Å². The Morgan fingerprint density at radius 1 is 1.37 bits per heavy atom. The lowest BCUT2D eigenvalue weighted by Gasteiger charge is -2.23. The molecule has 1 fully saturated rings. The van der Waals surface area contributed by atoms with Gasteiger partial charge in [0, 0.05) is 23.8 Å². The van der Waals surface area contributed by atoms with E-state index in [4.69, 9.17) is 5.11 Å². The van der Waals surface area contributed by atoms with Gasteiger partial charge in [0.25, 0.3) is 5.91 Å². The van der Waals surface area contributed by atoms with Crippen molar-refractivity contribution in [3.63, 3.8) is 0 Å². The molecule has 0 saturated carbocycles. The predicted octanol–water partition coefficient (Wildman–Crippen LogP) is 1.49. The standard InChI is InChI=1S/C14H18N2O3/c1-10-3-2-8-16(10)12-6-4-11(5-7-12)14(19)15-9-13(17)18/h4-7,10H,2-3,8-9H2,1H3,(H,15,19)(H,17,18). The fraction of sp³-hybridized carbons (Fsp3) is 0.429. The average molecular weight is 262 g/mol. The van der Waals surface area contributed by atoms with Gasteiger partial charge in [-0.05, 0) is 44.0 Å². The van der Waals surface area contributed by atoms with Crippen LogP contribution in [0, 0.1) is 0 Å². The van der Waals surface area contributed by atoms with E-state index in [0.29, 0.717) is 11.6 Å². The Morgan fingerprint density at radius 3 is 2.58 bits per heavy atom. The third-order valence-corrected chi connectivity index (χ3v) is 3.41. The van der Waals surface area contributed by atoms with E-state index in [-0.39, 0.29) is 12.5 Å². The summed E-state index contributed by atoms with van der Waals surface area (Å²) in [5.41, 5.74) is 1.59. The highest BCUT2D eigenvalue weighted by Crippen LogP contribution is 2.25. The molecular formula is C14H18N2O3. The number of aliphatic carboxylic acids is 1. The fourth-order valence-electron chi connectivity index (χ4n) is 2.38. The van der Waals surface area contributed by atoms with Crippen LogP contribution in [0.5, 0.6) is 0 Å². The second-order valence-electron chi connectivity index (χ2n) is 4.81. The second kappa shape index (κ2) is 5.73. The molecule has 5 heteroatoms. The van der Waals surface area contributed by atoms with Gasteiger partial charge >= 0.3 is 5.97 Å². The third kappa shape index (κ3) is 3.24.